The Labute approximate surface area is 130 Å². The molecule has 0 bridgehead atoms. The standard InChI is InChI=1S/C14H13BrFNO3S/c1-9-6-11(3-4-12(9)15)17-21(19,20)14-5-2-10(8-18)7-13(14)16/h2-7,17-18H,8H2,1H3. The Bertz CT molecular complexity index is 778. The fourth-order valence-corrected chi connectivity index (χ4v) is 3.14. The van der Waals surface area contributed by atoms with Crippen LogP contribution in [-0.4, -0.2) is 13.5 Å². The number of hydrogen-bond donors (Lipinski definition) is 2. The Morgan fingerprint density at radius 1 is 1.24 bits per heavy atom. The average molecular weight is 374 g/mol. The van der Waals surface area contributed by atoms with Crippen molar-refractivity contribution in [1.82, 2.24) is 0 Å². The van der Waals surface area contributed by atoms with Crippen LogP contribution in [0.15, 0.2) is 45.8 Å². The number of aliphatic hydroxyl groups excluding tert-OH is 1. The summed E-state index contributed by atoms with van der Waals surface area (Å²) in [5.74, 6) is -0.900. The van der Waals surface area contributed by atoms with Crippen LogP contribution >= 0.6 is 15.9 Å². The van der Waals surface area contributed by atoms with Crippen molar-refractivity contribution in [1.29, 1.82) is 0 Å². The maximum Gasteiger partial charge on any atom is 0.264 e. The van der Waals surface area contributed by atoms with Crippen LogP contribution in [0.1, 0.15) is 11.1 Å². The molecule has 0 aliphatic carbocycles. The van der Waals surface area contributed by atoms with E-state index in [2.05, 4.69) is 20.7 Å². The Balaban J connectivity index is 2.36. The molecule has 0 radical (unpaired) electrons. The summed E-state index contributed by atoms with van der Waals surface area (Å²) in [6.07, 6.45) is 0. The fraction of sp³-hybridized carbons (Fsp3) is 0.143. The minimum Gasteiger partial charge on any atom is -0.392 e. The first-order valence-electron chi connectivity index (χ1n) is 6.02. The zero-order valence-corrected chi connectivity index (χ0v) is 13.5. The lowest BCUT2D eigenvalue weighted by atomic mass is 10.2. The molecule has 0 atom stereocenters. The maximum absolute atomic E-state index is 13.8. The smallest absolute Gasteiger partial charge is 0.264 e. The van der Waals surface area contributed by atoms with Crippen molar-refractivity contribution >= 4 is 31.6 Å². The number of aliphatic hydroxyl groups is 1. The Hall–Kier alpha value is -1.44. The molecule has 21 heavy (non-hydrogen) atoms. The topological polar surface area (TPSA) is 66.4 Å². The minimum atomic E-state index is -4.02. The summed E-state index contributed by atoms with van der Waals surface area (Å²) in [7, 11) is -4.02. The number of benzene rings is 2. The van der Waals surface area contributed by atoms with E-state index in [0.29, 0.717) is 11.3 Å². The second-order valence-corrected chi connectivity index (χ2v) is 7.00. The lowest BCUT2D eigenvalue weighted by Crippen LogP contribution is -2.15. The highest BCUT2D eigenvalue weighted by Gasteiger charge is 2.19. The van der Waals surface area contributed by atoms with E-state index in [1.54, 1.807) is 18.2 Å². The summed E-state index contributed by atoms with van der Waals surface area (Å²) in [5.41, 5.74) is 1.51. The molecule has 112 valence electrons. The van der Waals surface area contributed by atoms with Crippen molar-refractivity contribution in [2.45, 2.75) is 18.4 Å². The summed E-state index contributed by atoms with van der Waals surface area (Å²) in [4.78, 5) is -0.458. The summed E-state index contributed by atoms with van der Waals surface area (Å²) in [6, 6.07) is 8.43. The van der Waals surface area contributed by atoms with E-state index in [9.17, 15) is 12.8 Å². The van der Waals surface area contributed by atoms with Gasteiger partial charge in [0.25, 0.3) is 10.0 Å². The van der Waals surface area contributed by atoms with E-state index < -0.39 is 20.7 Å². The van der Waals surface area contributed by atoms with Gasteiger partial charge in [0, 0.05) is 10.2 Å². The first-order chi connectivity index (χ1) is 9.83. The number of sulfonamides is 1. The average Bonchev–Trinajstić information content (AvgIpc) is 2.42. The highest BCUT2D eigenvalue weighted by atomic mass is 79.9. The van der Waals surface area contributed by atoms with Crippen molar-refractivity contribution in [3.63, 3.8) is 0 Å². The second-order valence-electron chi connectivity index (χ2n) is 4.49. The van der Waals surface area contributed by atoms with E-state index in [1.165, 1.54) is 6.07 Å². The number of hydrogen-bond acceptors (Lipinski definition) is 3. The largest absolute Gasteiger partial charge is 0.392 e. The highest BCUT2D eigenvalue weighted by molar-refractivity contribution is 9.10. The first-order valence-corrected chi connectivity index (χ1v) is 8.29. The molecule has 0 amide bonds. The van der Waals surface area contributed by atoms with Gasteiger partial charge in [0.1, 0.15) is 10.7 Å². The molecule has 2 aromatic carbocycles. The summed E-state index contributed by atoms with van der Waals surface area (Å²) in [6.45, 7) is 1.47. The summed E-state index contributed by atoms with van der Waals surface area (Å²) < 4.78 is 41.4. The van der Waals surface area contributed by atoms with Gasteiger partial charge in [-0.3, -0.25) is 4.72 Å². The number of rotatable bonds is 4. The molecule has 2 rings (SSSR count). The van der Waals surface area contributed by atoms with Crippen molar-refractivity contribution < 1.29 is 17.9 Å². The van der Waals surface area contributed by atoms with Crippen molar-refractivity contribution in [3.05, 3.63) is 57.8 Å². The summed E-state index contributed by atoms with van der Waals surface area (Å²) in [5, 5.41) is 8.91. The molecule has 4 nitrogen and oxygen atoms in total. The molecule has 0 saturated carbocycles. The molecule has 2 aromatic rings. The SMILES string of the molecule is Cc1cc(NS(=O)(=O)c2ccc(CO)cc2F)ccc1Br. The molecular weight excluding hydrogens is 361 g/mol. The van der Waals surface area contributed by atoms with E-state index in [1.807, 2.05) is 6.92 Å². The van der Waals surface area contributed by atoms with Crippen LogP contribution in [0.4, 0.5) is 10.1 Å². The summed E-state index contributed by atoms with van der Waals surface area (Å²) >= 11 is 3.32. The van der Waals surface area contributed by atoms with Gasteiger partial charge in [0.15, 0.2) is 0 Å². The molecule has 0 aliphatic heterocycles. The third kappa shape index (κ3) is 3.61. The molecular formula is C14H13BrFNO3S. The van der Waals surface area contributed by atoms with Gasteiger partial charge in [-0.1, -0.05) is 22.0 Å². The Kier molecular flexibility index (Phi) is 4.65. The quantitative estimate of drug-likeness (QED) is 0.864. The van der Waals surface area contributed by atoms with Crippen LogP contribution in [-0.2, 0) is 16.6 Å². The van der Waals surface area contributed by atoms with Crippen molar-refractivity contribution in [2.75, 3.05) is 4.72 Å². The fourth-order valence-electron chi connectivity index (χ4n) is 1.78. The molecule has 0 saturated heterocycles. The predicted octanol–water partition coefficient (Wildman–Crippen LogP) is 3.19. The van der Waals surface area contributed by atoms with Crippen LogP contribution in [0.5, 0.6) is 0 Å². The van der Waals surface area contributed by atoms with Crippen LogP contribution in [0.25, 0.3) is 0 Å². The zero-order chi connectivity index (χ0) is 15.6. The molecule has 0 unspecified atom stereocenters. The van der Waals surface area contributed by atoms with Crippen LogP contribution in [0.2, 0.25) is 0 Å². The zero-order valence-electron chi connectivity index (χ0n) is 11.1. The highest BCUT2D eigenvalue weighted by Crippen LogP contribution is 2.23. The van der Waals surface area contributed by atoms with Crippen molar-refractivity contribution in [2.24, 2.45) is 0 Å². The number of aryl methyl sites for hydroxylation is 1. The van der Waals surface area contributed by atoms with Crippen LogP contribution in [0.3, 0.4) is 0 Å². The van der Waals surface area contributed by atoms with E-state index in [4.69, 9.17) is 5.11 Å². The van der Waals surface area contributed by atoms with E-state index >= 15 is 0 Å². The molecule has 0 spiro atoms. The van der Waals surface area contributed by atoms with Gasteiger partial charge >= 0.3 is 0 Å². The van der Waals surface area contributed by atoms with Crippen LogP contribution in [0, 0.1) is 12.7 Å². The number of halogens is 2. The van der Waals surface area contributed by atoms with Gasteiger partial charge in [-0.25, -0.2) is 12.8 Å². The molecule has 0 aromatic heterocycles. The van der Waals surface area contributed by atoms with Gasteiger partial charge in [-0.15, -0.1) is 0 Å². The molecule has 2 N–H and O–H groups in total. The van der Waals surface area contributed by atoms with Gasteiger partial charge in [-0.2, -0.15) is 0 Å². The van der Waals surface area contributed by atoms with Gasteiger partial charge in [0.05, 0.1) is 6.61 Å². The molecule has 0 aliphatic rings. The molecule has 0 fully saturated rings. The van der Waals surface area contributed by atoms with E-state index in [-0.39, 0.29) is 6.61 Å². The van der Waals surface area contributed by atoms with Gasteiger partial charge < -0.3 is 5.11 Å². The van der Waals surface area contributed by atoms with Gasteiger partial charge in [0.2, 0.25) is 0 Å². The first kappa shape index (κ1) is 15.9. The number of nitrogens with one attached hydrogen (secondary N) is 1. The molecule has 7 heteroatoms. The second kappa shape index (κ2) is 6.13. The minimum absolute atomic E-state index is 0.311. The monoisotopic (exact) mass is 373 g/mol. The third-order valence-electron chi connectivity index (χ3n) is 2.88. The maximum atomic E-state index is 13.8. The third-order valence-corrected chi connectivity index (χ3v) is 5.18. The van der Waals surface area contributed by atoms with Gasteiger partial charge in [-0.05, 0) is 48.4 Å². The van der Waals surface area contributed by atoms with Crippen LogP contribution < -0.4 is 4.72 Å². The molecule has 0 heterocycles. The van der Waals surface area contributed by atoms with Crippen molar-refractivity contribution in [3.8, 4) is 0 Å². The Morgan fingerprint density at radius 2 is 1.95 bits per heavy atom. The lowest BCUT2D eigenvalue weighted by Gasteiger charge is -2.10. The normalized spacial score (nSPS) is 11.4. The number of anilines is 1. The Morgan fingerprint density at radius 3 is 2.52 bits per heavy atom. The predicted molar refractivity (Wildman–Crippen MR) is 82.0 cm³/mol. The lowest BCUT2D eigenvalue weighted by molar-refractivity contribution is 0.281. The van der Waals surface area contributed by atoms with E-state index in [0.717, 1.165) is 22.2 Å².